The van der Waals surface area contributed by atoms with Crippen LogP contribution in [0.2, 0.25) is 0 Å². The summed E-state index contributed by atoms with van der Waals surface area (Å²) in [6, 6.07) is 0. The van der Waals surface area contributed by atoms with Gasteiger partial charge in [0, 0.05) is 5.92 Å². The third-order valence-electron chi connectivity index (χ3n) is 6.74. The van der Waals surface area contributed by atoms with Crippen LogP contribution in [0.25, 0.3) is 0 Å². The van der Waals surface area contributed by atoms with Gasteiger partial charge in [-0.2, -0.15) is 0 Å². The average molecular weight is 525 g/mol. The van der Waals surface area contributed by atoms with Gasteiger partial charge in [0.1, 0.15) is 0 Å². The van der Waals surface area contributed by atoms with Gasteiger partial charge in [0.25, 0.3) is 0 Å². The van der Waals surface area contributed by atoms with E-state index in [2.05, 4.69) is 30.2 Å². The normalized spacial score (nSPS) is 12.8. The van der Waals surface area contributed by atoms with Crippen LogP contribution < -0.4 is 29.6 Å². The molecule has 0 heterocycles. The molecule has 4 nitrogen and oxygen atoms in total. The van der Waals surface area contributed by atoms with Crippen LogP contribution in [0.15, 0.2) is 12.2 Å². The fourth-order valence-electron chi connectivity index (χ4n) is 4.51. The first-order chi connectivity index (χ1) is 16.5. The average Bonchev–Trinajstić information content (AvgIpc) is 2.80. The number of rotatable bonds is 27. The van der Waals surface area contributed by atoms with Crippen LogP contribution in [0.4, 0.5) is 0 Å². The van der Waals surface area contributed by atoms with Crippen molar-refractivity contribution in [1.82, 2.24) is 0 Å². The summed E-state index contributed by atoms with van der Waals surface area (Å²) in [5.74, 6) is 0.0198. The fraction of sp³-hybridized carbons (Fsp3) is 0.931. The van der Waals surface area contributed by atoms with Crippen molar-refractivity contribution in [3.8, 4) is 0 Å². The zero-order chi connectivity index (χ0) is 25.2. The Hall–Kier alpha value is 0.610. The molecule has 0 spiro atoms. The molecule has 0 aromatic heterocycles. The molecule has 0 bridgehead atoms. The first-order valence-corrected chi connectivity index (χ1v) is 16.1. The van der Waals surface area contributed by atoms with Gasteiger partial charge in [-0.25, -0.2) is 8.42 Å². The summed E-state index contributed by atoms with van der Waals surface area (Å²) in [7, 11) is -4.61. The minimum Gasteiger partial charge on any atom is -0.726 e. The van der Waals surface area contributed by atoms with E-state index in [9.17, 15) is 13.0 Å². The molecule has 0 amide bonds. The molecule has 0 saturated carbocycles. The first-order valence-electron chi connectivity index (χ1n) is 14.8. The maximum absolute atomic E-state index is 10.8. The largest absolute Gasteiger partial charge is 1.00 e. The maximum atomic E-state index is 10.8. The van der Waals surface area contributed by atoms with Crippen molar-refractivity contribution in [3.63, 3.8) is 0 Å². The van der Waals surface area contributed by atoms with Gasteiger partial charge >= 0.3 is 29.6 Å². The Morgan fingerprint density at radius 3 is 1.40 bits per heavy atom. The van der Waals surface area contributed by atoms with Crippen LogP contribution in [0.1, 0.15) is 162 Å². The third-order valence-corrected chi connectivity index (χ3v) is 7.16. The fourth-order valence-corrected chi connectivity index (χ4v) is 4.86. The molecule has 0 saturated heterocycles. The van der Waals surface area contributed by atoms with Gasteiger partial charge in [0.05, 0.1) is 6.61 Å². The molecular formula is C29H57NaO4S. The summed E-state index contributed by atoms with van der Waals surface area (Å²) in [4.78, 5) is 0. The molecule has 0 aromatic carbocycles. The molecule has 0 aliphatic heterocycles. The van der Waals surface area contributed by atoms with Crippen LogP contribution in [-0.4, -0.2) is 19.6 Å². The van der Waals surface area contributed by atoms with E-state index in [1.807, 2.05) is 0 Å². The van der Waals surface area contributed by atoms with Crippen LogP contribution in [0.3, 0.4) is 0 Å². The Morgan fingerprint density at radius 2 is 1.00 bits per heavy atom. The molecule has 6 heteroatoms. The monoisotopic (exact) mass is 524 g/mol. The van der Waals surface area contributed by atoms with E-state index in [0.717, 1.165) is 25.7 Å². The zero-order valence-corrected chi connectivity index (χ0v) is 26.6. The second kappa shape index (κ2) is 29.2. The van der Waals surface area contributed by atoms with Gasteiger partial charge in [-0.1, -0.05) is 154 Å². The summed E-state index contributed by atoms with van der Waals surface area (Å²) in [5.41, 5.74) is 0. The van der Waals surface area contributed by atoms with Crippen molar-refractivity contribution >= 4 is 10.4 Å². The molecule has 0 fully saturated rings. The summed E-state index contributed by atoms with van der Waals surface area (Å²) in [5, 5.41) is 0. The molecule has 0 aromatic rings. The van der Waals surface area contributed by atoms with Gasteiger partial charge in [0.15, 0.2) is 0 Å². The van der Waals surface area contributed by atoms with E-state index in [1.165, 1.54) is 122 Å². The van der Waals surface area contributed by atoms with E-state index in [4.69, 9.17) is 0 Å². The van der Waals surface area contributed by atoms with Gasteiger partial charge in [-0.15, -0.1) is 0 Å². The molecule has 0 N–H and O–H groups in total. The minimum absolute atomic E-state index is 0. The first kappa shape index (κ1) is 37.8. The molecule has 1 unspecified atom stereocenters. The van der Waals surface area contributed by atoms with Gasteiger partial charge in [-0.05, 0) is 19.3 Å². The number of allylic oxidation sites excluding steroid dienone is 1. The topological polar surface area (TPSA) is 66.4 Å². The van der Waals surface area contributed by atoms with Crippen molar-refractivity contribution in [2.24, 2.45) is 5.92 Å². The van der Waals surface area contributed by atoms with Crippen molar-refractivity contribution < 1.29 is 46.7 Å². The smallest absolute Gasteiger partial charge is 0.726 e. The van der Waals surface area contributed by atoms with Crippen LogP contribution in [0, 0.1) is 5.92 Å². The summed E-state index contributed by atoms with van der Waals surface area (Å²) >= 11 is 0. The predicted molar refractivity (Wildman–Crippen MR) is 146 cm³/mol. The molecular weight excluding hydrogens is 467 g/mol. The van der Waals surface area contributed by atoms with Gasteiger partial charge in [0.2, 0.25) is 10.4 Å². The number of unbranched alkanes of at least 4 members (excludes halogenated alkanes) is 20. The SMILES string of the molecule is CCCCCCCCCCCCCCCCCC/C=C/C(CCCCCCC)COS(=O)(=O)[O-].[Na+]. The molecule has 0 radical (unpaired) electrons. The Kier molecular flexibility index (Phi) is 31.5. The quantitative estimate of drug-likeness (QED) is 0.0397. The molecule has 0 aliphatic rings. The molecule has 0 aliphatic carbocycles. The Labute approximate surface area is 242 Å². The Morgan fingerprint density at radius 1 is 0.629 bits per heavy atom. The van der Waals surface area contributed by atoms with E-state index in [0.29, 0.717) is 0 Å². The van der Waals surface area contributed by atoms with Crippen molar-refractivity contribution in [2.45, 2.75) is 162 Å². The van der Waals surface area contributed by atoms with E-state index in [-0.39, 0.29) is 42.1 Å². The van der Waals surface area contributed by atoms with Crippen molar-refractivity contribution in [3.05, 3.63) is 12.2 Å². The third kappa shape index (κ3) is 32.6. The molecule has 1 atom stereocenters. The molecule has 0 rings (SSSR count). The second-order valence-electron chi connectivity index (χ2n) is 10.2. The molecule has 35 heavy (non-hydrogen) atoms. The van der Waals surface area contributed by atoms with E-state index < -0.39 is 10.4 Å². The number of hydrogen-bond donors (Lipinski definition) is 0. The van der Waals surface area contributed by atoms with Gasteiger partial charge in [-0.3, -0.25) is 4.18 Å². The van der Waals surface area contributed by atoms with Crippen LogP contribution >= 0.6 is 0 Å². The Bertz CT molecular complexity index is 537. The number of hydrogen-bond acceptors (Lipinski definition) is 4. The second-order valence-corrected chi connectivity index (χ2v) is 11.2. The standard InChI is InChI=1S/C29H58O4S.Na/c1-3-5-7-9-10-11-12-13-14-15-16-17-18-19-20-21-23-25-27-29(28-33-34(30,31)32)26-24-22-8-6-4-2;/h25,27,29H,3-24,26,28H2,1-2H3,(H,30,31,32);/q;+1/p-1/b27-25+;. The van der Waals surface area contributed by atoms with Crippen molar-refractivity contribution in [1.29, 1.82) is 0 Å². The summed E-state index contributed by atoms with van der Waals surface area (Å²) in [6.45, 7) is 4.45. The van der Waals surface area contributed by atoms with E-state index >= 15 is 0 Å². The predicted octanol–water partition coefficient (Wildman–Crippen LogP) is 6.65. The van der Waals surface area contributed by atoms with Gasteiger partial charge < -0.3 is 4.55 Å². The van der Waals surface area contributed by atoms with Crippen LogP contribution in [-0.2, 0) is 14.6 Å². The minimum atomic E-state index is -4.61. The Balaban J connectivity index is 0. The maximum Gasteiger partial charge on any atom is 1.00 e. The zero-order valence-electron chi connectivity index (χ0n) is 23.7. The molecule has 204 valence electrons. The van der Waals surface area contributed by atoms with Crippen molar-refractivity contribution in [2.75, 3.05) is 6.61 Å². The summed E-state index contributed by atoms with van der Waals surface area (Å²) < 4.78 is 36.9. The van der Waals surface area contributed by atoms with E-state index in [1.54, 1.807) is 0 Å². The summed E-state index contributed by atoms with van der Waals surface area (Å²) in [6.07, 6.45) is 34.0. The van der Waals surface area contributed by atoms with Crippen LogP contribution in [0.5, 0.6) is 0 Å².